The van der Waals surface area contributed by atoms with Gasteiger partial charge in [0.05, 0.1) is 6.61 Å². The first-order valence-electron chi connectivity index (χ1n) is 5.16. The van der Waals surface area contributed by atoms with Gasteiger partial charge in [0.1, 0.15) is 0 Å². The van der Waals surface area contributed by atoms with Crippen molar-refractivity contribution < 1.29 is 18.3 Å². The standard InChI is InChI=1S/C12H18F2O2/c1-5-16-11(15)8-10(4)12(13,14)7-6-9(2)3/h6,8H,5,7H2,1-4H3/b10-8+. The second-order valence-electron chi connectivity index (χ2n) is 3.77. The molecule has 0 radical (unpaired) electrons. The van der Waals surface area contributed by atoms with E-state index in [9.17, 15) is 13.6 Å². The molecule has 0 aromatic carbocycles. The van der Waals surface area contributed by atoms with Crippen LogP contribution in [0.4, 0.5) is 8.78 Å². The second-order valence-corrected chi connectivity index (χ2v) is 3.77. The number of allylic oxidation sites excluding steroid dienone is 3. The van der Waals surface area contributed by atoms with Crippen LogP contribution in [-0.4, -0.2) is 18.5 Å². The summed E-state index contributed by atoms with van der Waals surface area (Å²) in [6, 6.07) is 0. The number of alkyl halides is 2. The van der Waals surface area contributed by atoms with Gasteiger partial charge in [0.2, 0.25) is 0 Å². The molecule has 0 heterocycles. The van der Waals surface area contributed by atoms with Crippen LogP contribution in [0.2, 0.25) is 0 Å². The van der Waals surface area contributed by atoms with Gasteiger partial charge in [-0.2, -0.15) is 0 Å². The topological polar surface area (TPSA) is 26.3 Å². The minimum Gasteiger partial charge on any atom is -0.463 e. The van der Waals surface area contributed by atoms with Crippen molar-refractivity contribution in [3.8, 4) is 0 Å². The molecule has 0 fully saturated rings. The third-order valence-corrected chi connectivity index (χ3v) is 1.96. The van der Waals surface area contributed by atoms with Gasteiger partial charge in [0.15, 0.2) is 0 Å². The summed E-state index contributed by atoms with van der Waals surface area (Å²) in [4.78, 5) is 11.0. The van der Waals surface area contributed by atoms with Crippen LogP contribution in [0.25, 0.3) is 0 Å². The lowest BCUT2D eigenvalue weighted by Crippen LogP contribution is -2.18. The van der Waals surface area contributed by atoms with E-state index >= 15 is 0 Å². The van der Waals surface area contributed by atoms with E-state index in [0.29, 0.717) is 0 Å². The molecule has 0 saturated heterocycles. The number of carbonyl (C=O) groups excluding carboxylic acids is 1. The van der Waals surface area contributed by atoms with Crippen molar-refractivity contribution in [2.24, 2.45) is 0 Å². The van der Waals surface area contributed by atoms with E-state index in [2.05, 4.69) is 4.74 Å². The van der Waals surface area contributed by atoms with Gasteiger partial charge in [0, 0.05) is 18.1 Å². The highest BCUT2D eigenvalue weighted by molar-refractivity contribution is 5.82. The Morgan fingerprint density at radius 2 is 1.88 bits per heavy atom. The largest absolute Gasteiger partial charge is 0.463 e. The number of ether oxygens (including phenoxy) is 1. The van der Waals surface area contributed by atoms with Crippen molar-refractivity contribution >= 4 is 5.97 Å². The van der Waals surface area contributed by atoms with Crippen molar-refractivity contribution in [3.63, 3.8) is 0 Å². The van der Waals surface area contributed by atoms with Gasteiger partial charge in [-0.15, -0.1) is 0 Å². The number of halogens is 2. The van der Waals surface area contributed by atoms with Gasteiger partial charge in [-0.25, -0.2) is 13.6 Å². The molecule has 0 saturated carbocycles. The molecule has 0 amide bonds. The lowest BCUT2D eigenvalue weighted by Gasteiger charge is -2.15. The molecule has 4 heteroatoms. The summed E-state index contributed by atoms with van der Waals surface area (Å²) in [5.41, 5.74) is 0.548. The Morgan fingerprint density at radius 1 is 1.31 bits per heavy atom. The molecule has 0 aliphatic heterocycles. The zero-order valence-corrected chi connectivity index (χ0v) is 10.1. The first-order chi connectivity index (χ1) is 7.29. The predicted octanol–water partition coefficient (Wildman–Crippen LogP) is 3.49. The maximum Gasteiger partial charge on any atom is 0.330 e. The summed E-state index contributed by atoms with van der Waals surface area (Å²) < 4.78 is 31.5. The van der Waals surface area contributed by atoms with Crippen molar-refractivity contribution in [2.75, 3.05) is 6.61 Å². The van der Waals surface area contributed by atoms with Gasteiger partial charge >= 0.3 is 5.97 Å². The fourth-order valence-electron chi connectivity index (χ4n) is 0.960. The summed E-state index contributed by atoms with van der Waals surface area (Å²) in [6.07, 6.45) is 1.90. The van der Waals surface area contributed by atoms with Gasteiger partial charge in [-0.05, 0) is 27.7 Å². The van der Waals surface area contributed by atoms with Gasteiger partial charge in [-0.1, -0.05) is 11.6 Å². The molecule has 0 aromatic heterocycles. The molecule has 0 aromatic rings. The molecule has 16 heavy (non-hydrogen) atoms. The number of carbonyl (C=O) groups is 1. The van der Waals surface area contributed by atoms with Crippen molar-refractivity contribution in [3.05, 3.63) is 23.3 Å². The zero-order chi connectivity index (χ0) is 12.8. The quantitative estimate of drug-likeness (QED) is 0.412. The monoisotopic (exact) mass is 232 g/mol. The van der Waals surface area contributed by atoms with E-state index in [0.717, 1.165) is 11.6 Å². The van der Waals surface area contributed by atoms with Crippen LogP contribution in [0.3, 0.4) is 0 Å². The average molecular weight is 232 g/mol. The Morgan fingerprint density at radius 3 is 2.31 bits per heavy atom. The minimum absolute atomic E-state index is 0.183. The van der Waals surface area contributed by atoms with E-state index in [1.54, 1.807) is 20.8 Å². The maximum absolute atomic E-state index is 13.5. The Hall–Kier alpha value is -1.19. The Balaban J connectivity index is 4.61. The number of hydrogen-bond acceptors (Lipinski definition) is 2. The lowest BCUT2D eigenvalue weighted by atomic mass is 10.1. The van der Waals surface area contributed by atoms with Crippen LogP contribution in [0, 0.1) is 0 Å². The third-order valence-electron chi connectivity index (χ3n) is 1.96. The number of esters is 1. The highest BCUT2D eigenvalue weighted by atomic mass is 19.3. The highest BCUT2D eigenvalue weighted by Crippen LogP contribution is 2.28. The van der Waals surface area contributed by atoms with Crippen LogP contribution in [-0.2, 0) is 9.53 Å². The van der Waals surface area contributed by atoms with Gasteiger partial charge in [0.25, 0.3) is 5.92 Å². The molecule has 0 bridgehead atoms. The molecule has 0 atom stereocenters. The average Bonchev–Trinajstić information content (AvgIpc) is 2.15. The molecule has 0 rings (SSSR count). The van der Waals surface area contributed by atoms with E-state index in [-0.39, 0.29) is 12.2 Å². The van der Waals surface area contributed by atoms with Crippen LogP contribution >= 0.6 is 0 Å². The molecule has 0 unspecified atom stereocenters. The van der Waals surface area contributed by atoms with Crippen molar-refractivity contribution in [1.29, 1.82) is 0 Å². The molecule has 0 aliphatic rings. The fraction of sp³-hybridized carbons (Fsp3) is 0.583. The molecular formula is C12H18F2O2. The fourth-order valence-corrected chi connectivity index (χ4v) is 0.960. The zero-order valence-electron chi connectivity index (χ0n) is 10.1. The number of hydrogen-bond donors (Lipinski definition) is 0. The molecule has 92 valence electrons. The van der Waals surface area contributed by atoms with E-state index in [1.807, 2.05) is 0 Å². The SMILES string of the molecule is CCOC(=O)/C=C(\C)C(F)(F)CC=C(C)C. The highest BCUT2D eigenvalue weighted by Gasteiger charge is 2.30. The summed E-state index contributed by atoms with van der Waals surface area (Å²) in [5, 5.41) is 0. The van der Waals surface area contributed by atoms with E-state index in [4.69, 9.17) is 0 Å². The molecule has 2 nitrogen and oxygen atoms in total. The summed E-state index contributed by atoms with van der Waals surface area (Å²) in [7, 11) is 0. The van der Waals surface area contributed by atoms with Crippen LogP contribution in [0.5, 0.6) is 0 Å². The third kappa shape index (κ3) is 5.63. The Kier molecular flexibility index (Phi) is 5.93. The summed E-state index contributed by atoms with van der Waals surface area (Å²) in [5.74, 6) is -3.72. The maximum atomic E-state index is 13.5. The number of rotatable bonds is 5. The lowest BCUT2D eigenvalue weighted by molar-refractivity contribution is -0.137. The minimum atomic E-state index is -3.00. The normalized spacial score (nSPS) is 12.2. The van der Waals surface area contributed by atoms with Crippen molar-refractivity contribution in [1.82, 2.24) is 0 Å². The molecule has 0 spiro atoms. The Bertz CT molecular complexity index is 300. The predicted molar refractivity (Wildman–Crippen MR) is 59.4 cm³/mol. The molecule has 0 N–H and O–H groups in total. The first kappa shape index (κ1) is 14.8. The molecule has 0 aliphatic carbocycles. The van der Waals surface area contributed by atoms with Crippen LogP contribution in [0.1, 0.15) is 34.1 Å². The van der Waals surface area contributed by atoms with Crippen molar-refractivity contribution in [2.45, 2.75) is 40.0 Å². The van der Waals surface area contributed by atoms with Crippen LogP contribution < -0.4 is 0 Å². The summed E-state index contributed by atoms with van der Waals surface area (Å²) in [6.45, 7) is 6.54. The van der Waals surface area contributed by atoms with E-state index in [1.165, 1.54) is 13.0 Å². The van der Waals surface area contributed by atoms with E-state index < -0.39 is 18.3 Å². The molecular weight excluding hydrogens is 214 g/mol. The van der Waals surface area contributed by atoms with Crippen LogP contribution in [0.15, 0.2) is 23.3 Å². The van der Waals surface area contributed by atoms with Gasteiger partial charge < -0.3 is 4.74 Å². The Labute approximate surface area is 95.0 Å². The first-order valence-corrected chi connectivity index (χ1v) is 5.16. The summed E-state index contributed by atoms with van der Waals surface area (Å²) >= 11 is 0. The second kappa shape index (κ2) is 6.40. The van der Waals surface area contributed by atoms with Gasteiger partial charge in [-0.3, -0.25) is 0 Å². The smallest absolute Gasteiger partial charge is 0.330 e.